The van der Waals surface area contributed by atoms with Gasteiger partial charge in [0.15, 0.2) is 0 Å². The van der Waals surface area contributed by atoms with E-state index in [-0.39, 0.29) is 5.91 Å². The van der Waals surface area contributed by atoms with Gasteiger partial charge in [-0.05, 0) is 68.6 Å². The van der Waals surface area contributed by atoms with Crippen LogP contribution in [0.3, 0.4) is 0 Å². The number of carbonyl (C=O) groups excluding carboxylic acids is 1. The summed E-state index contributed by atoms with van der Waals surface area (Å²) in [5, 5.41) is 13.5. The Kier molecular flexibility index (Phi) is 10.0. The predicted octanol–water partition coefficient (Wildman–Crippen LogP) is 4.63. The first kappa shape index (κ1) is 28.8. The number of aliphatic carboxylic acids is 1. The van der Waals surface area contributed by atoms with Crippen LogP contribution in [-0.2, 0) is 17.6 Å². The fourth-order valence-corrected chi connectivity index (χ4v) is 3.84. The number of pyridine rings is 2. The Bertz CT molecular complexity index is 1220. The third kappa shape index (κ3) is 8.41. The number of fused-ring (bicyclic) bond motifs is 1. The number of halogens is 3. The van der Waals surface area contributed by atoms with Crippen molar-refractivity contribution in [3.05, 3.63) is 59.7 Å². The van der Waals surface area contributed by atoms with E-state index < -0.39 is 12.1 Å². The molecule has 0 unspecified atom stereocenters. The van der Waals surface area contributed by atoms with Gasteiger partial charge < -0.3 is 20.7 Å². The molecule has 1 amide bonds. The maximum Gasteiger partial charge on any atom is 0.490 e. The lowest BCUT2D eigenvalue weighted by molar-refractivity contribution is -0.192. The zero-order chi connectivity index (χ0) is 27.7. The van der Waals surface area contributed by atoms with Gasteiger partial charge in [-0.2, -0.15) is 13.2 Å². The molecule has 3 aromatic rings. The molecule has 0 aliphatic carbocycles. The minimum Gasteiger partial charge on any atom is -0.475 e. The van der Waals surface area contributed by atoms with E-state index in [1.165, 1.54) is 6.42 Å². The summed E-state index contributed by atoms with van der Waals surface area (Å²) in [7, 11) is 0. The van der Waals surface area contributed by atoms with E-state index in [9.17, 15) is 18.0 Å². The molecule has 3 aromatic heterocycles. The highest BCUT2D eigenvalue weighted by molar-refractivity contribution is 5.97. The molecule has 204 valence electrons. The first-order chi connectivity index (χ1) is 18.0. The van der Waals surface area contributed by atoms with Crippen LogP contribution in [0, 0.1) is 5.92 Å². The number of aromatic nitrogens is 3. The number of aromatic amines is 1. The van der Waals surface area contributed by atoms with Crippen LogP contribution < -0.4 is 10.6 Å². The molecule has 0 radical (unpaired) electrons. The Morgan fingerprint density at radius 3 is 2.53 bits per heavy atom. The number of alkyl halides is 3. The van der Waals surface area contributed by atoms with Crippen LogP contribution in [0.4, 0.5) is 13.2 Å². The third-order valence-corrected chi connectivity index (χ3v) is 5.92. The van der Waals surface area contributed by atoms with E-state index in [0.717, 1.165) is 77.7 Å². The van der Waals surface area contributed by atoms with Crippen molar-refractivity contribution in [2.75, 3.05) is 19.6 Å². The van der Waals surface area contributed by atoms with Crippen LogP contribution in [0.2, 0.25) is 0 Å². The Hall–Kier alpha value is -3.73. The second kappa shape index (κ2) is 13.2. The highest BCUT2D eigenvalue weighted by Crippen LogP contribution is 2.27. The number of rotatable bonds is 9. The van der Waals surface area contributed by atoms with Crippen molar-refractivity contribution >= 4 is 11.9 Å². The predicted molar refractivity (Wildman–Crippen MR) is 138 cm³/mol. The maximum absolute atomic E-state index is 12.0. The Morgan fingerprint density at radius 2 is 1.89 bits per heavy atom. The van der Waals surface area contributed by atoms with Crippen LogP contribution in [0.25, 0.3) is 22.5 Å². The minimum absolute atomic E-state index is 0.00654. The molecule has 0 atom stereocenters. The summed E-state index contributed by atoms with van der Waals surface area (Å²) in [6, 6.07) is 10.1. The molecule has 38 heavy (non-hydrogen) atoms. The summed E-state index contributed by atoms with van der Waals surface area (Å²) in [4.78, 5) is 33.5. The molecule has 4 rings (SSSR count). The standard InChI is InChI=1S/C25H31N5O.C2HF3O2/c1-17(2)7-11-26-10-3-4-20-6-5-19(16-29-20)23-14-18(8-12-27-23)24-15-21-22(30-24)9-13-28-25(21)31;3-2(4,5)1(6)7/h5-6,8,12,14-17,26,30H,3-4,7,9-11,13H2,1-2H3,(H,28,31);(H,6,7). The van der Waals surface area contributed by atoms with E-state index in [4.69, 9.17) is 9.90 Å². The summed E-state index contributed by atoms with van der Waals surface area (Å²) in [6.07, 6.45) is 2.73. The number of nitrogens with zero attached hydrogens (tertiary/aromatic N) is 2. The monoisotopic (exact) mass is 531 g/mol. The molecule has 0 saturated carbocycles. The van der Waals surface area contributed by atoms with Crippen molar-refractivity contribution in [1.29, 1.82) is 0 Å². The Labute approximate surface area is 219 Å². The number of hydrogen-bond acceptors (Lipinski definition) is 5. The summed E-state index contributed by atoms with van der Waals surface area (Å²) in [5.41, 5.74) is 6.68. The third-order valence-electron chi connectivity index (χ3n) is 5.92. The van der Waals surface area contributed by atoms with E-state index in [1.807, 2.05) is 24.4 Å². The van der Waals surface area contributed by atoms with Gasteiger partial charge in [-0.15, -0.1) is 0 Å². The van der Waals surface area contributed by atoms with Crippen LogP contribution in [0.5, 0.6) is 0 Å². The lowest BCUT2D eigenvalue weighted by Gasteiger charge is -2.11. The van der Waals surface area contributed by atoms with Crippen molar-refractivity contribution in [2.45, 2.75) is 45.7 Å². The molecule has 0 fully saturated rings. The fourth-order valence-electron chi connectivity index (χ4n) is 3.84. The van der Waals surface area contributed by atoms with Crippen LogP contribution in [0.15, 0.2) is 42.7 Å². The molecule has 11 heteroatoms. The van der Waals surface area contributed by atoms with E-state index in [2.05, 4.69) is 51.6 Å². The van der Waals surface area contributed by atoms with Crippen molar-refractivity contribution in [2.24, 2.45) is 5.92 Å². The number of hydrogen-bond donors (Lipinski definition) is 4. The van der Waals surface area contributed by atoms with Crippen molar-refractivity contribution < 1.29 is 27.9 Å². The topological polar surface area (TPSA) is 120 Å². The maximum atomic E-state index is 12.0. The lowest BCUT2D eigenvalue weighted by Crippen LogP contribution is -2.31. The molecule has 8 nitrogen and oxygen atoms in total. The van der Waals surface area contributed by atoms with E-state index in [1.54, 1.807) is 6.20 Å². The second-order valence-electron chi connectivity index (χ2n) is 9.39. The quantitative estimate of drug-likeness (QED) is 0.299. The summed E-state index contributed by atoms with van der Waals surface area (Å²) >= 11 is 0. The van der Waals surface area contributed by atoms with Gasteiger partial charge in [-0.25, -0.2) is 4.79 Å². The zero-order valence-corrected chi connectivity index (χ0v) is 21.4. The number of carbonyl (C=O) groups is 2. The van der Waals surface area contributed by atoms with Gasteiger partial charge in [0.2, 0.25) is 0 Å². The molecule has 0 saturated heterocycles. The van der Waals surface area contributed by atoms with Gasteiger partial charge in [0.05, 0.1) is 11.3 Å². The van der Waals surface area contributed by atoms with Crippen molar-refractivity contribution in [3.8, 4) is 22.5 Å². The average Bonchev–Trinajstić information content (AvgIpc) is 3.32. The normalized spacial score (nSPS) is 12.9. The number of nitrogens with one attached hydrogen (secondary N) is 3. The number of carboxylic acid groups (broad SMARTS) is 1. The number of aryl methyl sites for hydroxylation is 1. The first-order valence-electron chi connectivity index (χ1n) is 12.5. The van der Waals surface area contributed by atoms with Crippen LogP contribution in [0.1, 0.15) is 48.4 Å². The first-order valence-corrected chi connectivity index (χ1v) is 12.5. The van der Waals surface area contributed by atoms with Gasteiger partial charge in [0, 0.05) is 53.6 Å². The highest BCUT2D eigenvalue weighted by Gasteiger charge is 2.38. The number of amides is 1. The van der Waals surface area contributed by atoms with Gasteiger partial charge in [-0.1, -0.05) is 13.8 Å². The number of H-pyrrole nitrogens is 1. The minimum atomic E-state index is -5.08. The Balaban J connectivity index is 0.000000505. The zero-order valence-electron chi connectivity index (χ0n) is 21.4. The van der Waals surface area contributed by atoms with E-state index in [0.29, 0.717) is 6.54 Å². The van der Waals surface area contributed by atoms with Crippen LogP contribution >= 0.6 is 0 Å². The van der Waals surface area contributed by atoms with E-state index >= 15 is 0 Å². The number of carboxylic acids is 1. The highest BCUT2D eigenvalue weighted by atomic mass is 19.4. The summed E-state index contributed by atoms with van der Waals surface area (Å²) < 4.78 is 31.7. The molecule has 1 aliphatic heterocycles. The molecular weight excluding hydrogens is 499 g/mol. The average molecular weight is 532 g/mol. The molecule has 0 spiro atoms. The smallest absolute Gasteiger partial charge is 0.475 e. The molecule has 1 aliphatic rings. The molecule has 4 heterocycles. The van der Waals surface area contributed by atoms with Crippen LogP contribution in [-0.4, -0.2) is 57.7 Å². The molecule has 0 aromatic carbocycles. The van der Waals surface area contributed by atoms with Gasteiger partial charge in [0.25, 0.3) is 5.91 Å². The largest absolute Gasteiger partial charge is 0.490 e. The van der Waals surface area contributed by atoms with Crippen molar-refractivity contribution in [3.63, 3.8) is 0 Å². The molecule has 4 N–H and O–H groups in total. The second-order valence-corrected chi connectivity index (χ2v) is 9.39. The molecular formula is C27H32F3N5O3. The SMILES string of the molecule is CC(C)CCNCCCc1ccc(-c2cc(-c3cc4c([nH]3)CCNC4=O)ccn2)cn1.O=C(O)C(F)(F)F. The fraction of sp³-hybridized carbons (Fsp3) is 0.407. The van der Waals surface area contributed by atoms with Gasteiger partial charge in [0.1, 0.15) is 0 Å². The molecule has 0 bridgehead atoms. The summed E-state index contributed by atoms with van der Waals surface area (Å²) in [6.45, 7) is 7.29. The van der Waals surface area contributed by atoms with Gasteiger partial charge in [-0.3, -0.25) is 14.8 Å². The van der Waals surface area contributed by atoms with Gasteiger partial charge >= 0.3 is 12.1 Å². The lowest BCUT2D eigenvalue weighted by atomic mass is 10.1. The summed E-state index contributed by atoms with van der Waals surface area (Å²) in [5.74, 6) is -2.02. The van der Waals surface area contributed by atoms with Crippen molar-refractivity contribution in [1.82, 2.24) is 25.6 Å². The Morgan fingerprint density at radius 1 is 1.13 bits per heavy atom.